The molecule has 16 heavy (non-hydrogen) atoms. The van der Waals surface area contributed by atoms with Crippen LogP contribution >= 0.6 is 11.6 Å². The fourth-order valence-corrected chi connectivity index (χ4v) is 2.55. The summed E-state index contributed by atoms with van der Waals surface area (Å²) in [5.41, 5.74) is 1.13. The van der Waals surface area contributed by atoms with E-state index < -0.39 is 0 Å². The normalized spacial score (nSPS) is 13.4. The molecule has 4 heteroatoms. The maximum Gasteiger partial charge on any atom is 0.0834 e. The van der Waals surface area contributed by atoms with Crippen molar-refractivity contribution in [3.8, 4) is 0 Å². The Hall–Kier alpha value is -0.540. The second kappa shape index (κ2) is 6.26. The van der Waals surface area contributed by atoms with Gasteiger partial charge >= 0.3 is 0 Å². The van der Waals surface area contributed by atoms with Crippen molar-refractivity contribution in [2.75, 3.05) is 7.05 Å². The highest BCUT2D eigenvalue weighted by Crippen LogP contribution is 2.31. The van der Waals surface area contributed by atoms with Gasteiger partial charge in [0.25, 0.3) is 0 Å². The highest BCUT2D eigenvalue weighted by molar-refractivity contribution is 6.31. The highest BCUT2D eigenvalue weighted by Gasteiger charge is 2.24. The third-order valence-corrected chi connectivity index (χ3v) is 3.55. The predicted molar refractivity (Wildman–Crippen MR) is 68.8 cm³/mol. The fourth-order valence-electron chi connectivity index (χ4n) is 2.29. The molecule has 1 heterocycles. The van der Waals surface area contributed by atoms with Gasteiger partial charge in [0.2, 0.25) is 0 Å². The third-order valence-electron chi connectivity index (χ3n) is 3.26. The van der Waals surface area contributed by atoms with E-state index in [4.69, 9.17) is 11.6 Å². The second-order valence-corrected chi connectivity index (χ2v) is 4.44. The van der Waals surface area contributed by atoms with Crippen molar-refractivity contribution in [3.05, 3.63) is 16.9 Å². The molecule has 1 atom stereocenters. The zero-order chi connectivity index (χ0) is 12.1. The van der Waals surface area contributed by atoms with Gasteiger partial charge < -0.3 is 5.32 Å². The van der Waals surface area contributed by atoms with E-state index in [2.05, 4.69) is 31.2 Å². The van der Waals surface area contributed by atoms with Crippen molar-refractivity contribution in [1.29, 1.82) is 0 Å². The first kappa shape index (κ1) is 13.5. The number of rotatable bonds is 6. The minimum atomic E-state index is 0.296. The van der Waals surface area contributed by atoms with Crippen molar-refractivity contribution in [1.82, 2.24) is 15.1 Å². The van der Waals surface area contributed by atoms with Crippen molar-refractivity contribution in [2.45, 2.75) is 46.2 Å². The Labute approximate surface area is 103 Å². The van der Waals surface area contributed by atoms with Gasteiger partial charge in [-0.25, -0.2) is 0 Å². The maximum atomic E-state index is 6.23. The number of aromatic nitrogens is 2. The monoisotopic (exact) mass is 243 g/mol. The number of nitrogens with zero attached hydrogens (tertiary/aromatic N) is 2. The van der Waals surface area contributed by atoms with Crippen molar-refractivity contribution < 1.29 is 0 Å². The Kier molecular flexibility index (Phi) is 5.29. The molecule has 3 nitrogen and oxygen atoms in total. The van der Waals surface area contributed by atoms with Gasteiger partial charge in [0.15, 0.2) is 0 Å². The molecule has 0 aliphatic rings. The first-order valence-corrected chi connectivity index (χ1v) is 6.45. The van der Waals surface area contributed by atoms with Gasteiger partial charge in [-0.1, -0.05) is 38.3 Å². The molecule has 0 aliphatic carbocycles. The first-order chi connectivity index (χ1) is 7.69. The Morgan fingerprint density at radius 1 is 1.38 bits per heavy atom. The van der Waals surface area contributed by atoms with Gasteiger partial charge in [0, 0.05) is 6.54 Å². The standard InChI is InChI=1S/C12H22ClN3/c1-5-9(6-2)11(14-4)12-10(13)8-15-16(12)7-3/h8-9,11,14H,5-7H2,1-4H3. The van der Waals surface area contributed by atoms with E-state index >= 15 is 0 Å². The average Bonchev–Trinajstić information content (AvgIpc) is 2.67. The van der Waals surface area contributed by atoms with Crippen LogP contribution in [0.3, 0.4) is 0 Å². The largest absolute Gasteiger partial charge is 0.311 e. The van der Waals surface area contributed by atoms with Crippen LogP contribution in [0, 0.1) is 5.92 Å². The molecule has 1 rings (SSSR count). The molecule has 1 N–H and O–H groups in total. The van der Waals surface area contributed by atoms with Gasteiger partial charge in [-0.3, -0.25) is 4.68 Å². The number of hydrogen-bond acceptors (Lipinski definition) is 2. The Balaban J connectivity index is 3.06. The average molecular weight is 244 g/mol. The summed E-state index contributed by atoms with van der Waals surface area (Å²) >= 11 is 6.23. The molecular formula is C12H22ClN3. The molecule has 0 fully saturated rings. The Morgan fingerprint density at radius 2 is 2.00 bits per heavy atom. The van der Waals surface area contributed by atoms with Crippen LogP contribution in [-0.4, -0.2) is 16.8 Å². The van der Waals surface area contributed by atoms with Crippen molar-refractivity contribution in [2.24, 2.45) is 5.92 Å². The van der Waals surface area contributed by atoms with Crippen LogP contribution in [0.15, 0.2) is 6.20 Å². The molecular weight excluding hydrogens is 222 g/mol. The summed E-state index contributed by atoms with van der Waals surface area (Å²) in [4.78, 5) is 0. The van der Waals surface area contributed by atoms with E-state index in [0.29, 0.717) is 12.0 Å². The Bertz CT molecular complexity index is 318. The van der Waals surface area contributed by atoms with Crippen LogP contribution in [0.4, 0.5) is 0 Å². The van der Waals surface area contributed by atoms with E-state index in [1.54, 1.807) is 6.20 Å². The SMILES string of the molecule is CCC(CC)C(NC)c1c(Cl)cnn1CC. The van der Waals surface area contributed by atoms with E-state index in [9.17, 15) is 0 Å². The zero-order valence-electron chi connectivity index (χ0n) is 10.6. The summed E-state index contributed by atoms with van der Waals surface area (Å²) in [6, 6.07) is 0.296. The molecule has 1 aromatic rings. The van der Waals surface area contributed by atoms with E-state index in [-0.39, 0.29) is 0 Å². The van der Waals surface area contributed by atoms with Gasteiger partial charge in [0.1, 0.15) is 0 Å². The summed E-state index contributed by atoms with van der Waals surface area (Å²) in [6.45, 7) is 7.39. The fraction of sp³-hybridized carbons (Fsp3) is 0.750. The molecule has 1 unspecified atom stereocenters. The smallest absolute Gasteiger partial charge is 0.0834 e. The highest BCUT2D eigenvalue weighted by atomic mass is 35.5. The first-order valence-electron chi connectivity index (χ1n) is 6.07. The van der Waals surface area contributed by atoms with E-state index in [1.807, 2.05) is 11.7 Å². The zero-order valence-corrected chi connectivity index (χ0v) is 11.4. The van der Waals surface area contributed by atoms with Crippen LogP contribution in [0.5, 0.6) is 0 Å². The molecule has 0 aliphatic heterocycles. The lowest BCUT2D eigenvalue weighted by atomic mass is 9.92. The van der Waals surface area contributed by atoms with E-state index in [1.165, 1.54) is 0 Å². The van der Waals surface area contributed by atoms with Crippen molar-refractivity contribution in [3.63, 3.8) is 0 Å². The van der Waals surface area contributed by atoms with Gasteiger partial charge in [-0.2, -0.15) is 5.10 Å². The second-order valence-electron chi connectivity index (χ2n) is 4.04. The summed E-state index contributed by atoms with van der Waals surface area (Å²) in [7, 11) is 1.99. The summed E-state index contributed by atoms with van der Waals surface area (Å²) in [5.74, 6) is 0.601. The van der Waals surface area contributed by atoms with Crippen LogP contribution in [0.1, 0.15) is 45.3 Å². The number of halogens is 1. The number of nitrogens with one attached hydrogen (secondary N) is 1. The Morgan fingerprint density at radius 3 is 2.44 bits per heavy atom. The molecule has 0 saturated carbocycles. The van der Waals surface area contributed by atoms with Gasteiger partial charge in [-0.05, 0) is 19.9 Å². The maximum absolute atomic E-state index is 6.23. The molecule has 1 aromatic heterocycles. The van der Waals surface area contributed by atoms with Crippen LogP contribution in [0.25, 0.3) is 0 Å². The lowest BCUT2D eigenvalue weighted by Crippen LogP contribution is -2.27. The van der Waals surface area contributed by atoms with Gasteiger partial charge in [0.05, 0.1) is 23.0 Å². The van der Waals surface area contributed by atoms with Crippen LogP contribution in [0.2, 0.25) is 5.02 Å². The lowest BCUT2D eigenvalue weighted by Gasteiger charge is -2.26. The quantitative estimate of drug-likeness (QED) is 0.831. The summed E-state index contributed by atoms with van der Waals surface area (Å²) < 4.78 is 1.99. The summed E-state index contributed by atoms with van der Waals surface area (Å²) in [6.07, 6.45) is 4.04. The van der Waals surface area contributed by atoms with Gasteiger partial charge in [-0.15, -0.1) is 0 Å². The third kappa shape index (κ3) is 2.58. The molecule has 0 spiro atoms. The predicted octanol–water partition coefficient (Wildman–Crippen LogP) is 3.25. The molecule has 0 saturated heterocycles. The molecule has 0 bridgehead atoms. The number of aryl methyl sites for hydroxylation is 1. The van der Waals surface area contributed by atoms with E-state index in [0.717, 1.165) is 30.1 Å². The molecule has 0 amide bonds. The van der Waals surface area contributed by atoms with Crippen LogP contribution < -0.4 is 5.32 Å². The molecule has 92 valence electrons. The minimum absolute atomic E-state index is 0.296. The minimum Gasteiger partial charge on any atom is -0.311 e. The topological polar surface area (TPSA) is 29.9 Å². The number of hydrogen-bond donors (Lipinski definition) is 1. The van der Waals surface area contributed by atoms with Crippen LogP contribution in [-0.2, 0) is 6.54 Å². The molecule has 0 radical (unpaired) electrons. The molecule has 0 aromatic carbocycles. The van der Waals surface area contributed by atoms with Crippen molar-refractivity contribution >= 4 is 11.6 Å². The summed E-state index contributed by atoms with van der Waals surface area (Å²) in [5, 5.41) is 8.45. The lowest BCUT2D eigenvalue weighted by molar-refractivity contribution is 0.340.